The number of carbonyl (C=O) groups excluding carboxylic acids is 1. The van der Waals surface area contributed by atoms with E-state index in [4.69, 9.17) is 4.74 Å². The summed E-state index contributed by atoms with van der Waals surface area (Å²) in [6.07, 6.45) is 1.16. The van der Waals surface area contributed by atoms with E-state index >= 15 is 0 Å². The highest BCUT2D eigenvalue weighted by Gasteiger charge is 2.31. The summed E-state index contributed by atoms with van der Waals surface area (Å²) in [6.45, 7) is 8.30. The van der Waals surface area contributed by atoms with E-state index in [0.717, 1.165) is 33.3 Å². The van der Waals surface area contributed by atoms with E-state index in [9.17, 15) is 13.6 Å². The number of hydrogen-bond donors (Lipinski definition) is 1. The second kappa shape index (κ2) is 9.49. The van der Waals surface area contributed by atoms with Crippen LogP contribution < -0.4 is 10.1 Å². The largest absolute Gasteiger partial charge is 0.484 e. The first-order valence-electron chi connectivity index (χ1n) is 11.5. The summed E-state index contributed by atoms with van der Waals surface area (Å²) in [5.41, 5.74) is 2.69. The van der Waals surface area contributed by atoms with Crippen LogP contribution in [0, 0.1) is 19.7 Å². The van der Waals surface area contributed by atoms with Crippen molar-refractivity contribution in [2.75, 3.05) is 0 Å². The molecule has 0 aliphatic rings. The lowest BCUT2D eigenvalue weighted by molar-refractivity contribution is -0.132. The number of fused-ring (bicyclic) bond motifs is 1. The average Bonchev–Trinajstić information content (AvgIpc) is 3.22. The van der Waals surface area contributed by atoms with Gasteiger partial charge in [0, 0.05) is 5.39 Å². The molecule has 1 amide bonds. The molecule has 0 unspecified atom stereocenters. The molecule has 0 fully saturated rings. The van der Waals surface area contributed by atoms with E-state index in [1.807, 2.05) is 50.2 Å². The van der Waals surface area contributed by atoms with Crippen molar-refractivity contribution in [1.29, 1.82) is 0 Å². The van der Waals surface area contributed by atoms with Crippen molar-refractivity contribution in [1.82, 2.24) is 15.1 Å². The molecule has 1 heterocycles. The van der Waals surface area contributed by atoms with Gasteiger partial charge in [0.1, 0.15) is 17.7 Å². The Morgan fingerprint density at radius 1 is 1.03 bits per heavy atom. The number of aryl methyl sites for hydroxylation is 2. The molecule has 3 aromatic carbocycles. The molecular weight excluding hydrogens is 448 g/mol. The van der Waals surface area contributed by atoms with Crippen LogP contribution in [0.15, 0.2) is 66.9 Å². The van der Waals surface area contributed by atoms with Crippen LogP contribution in [-0.4, -0.2) is 27.4 Å². The minimum atomic E-state index is -2.00. The molecule has 4 rings (SSSR count). The lowest BCUT2D eigenvalue weighted by Crippen LogP contribution is -2.46. The van der Waals surface area contributed by atoms with Crippen molar-refractivity contribution in [3.63, 3.8) is 0 Å². The van der Waals surface area contributed by atoms with Gasteiger partial charge in [0.05, 0.1) is 23.4 Å². The SMILES string of the molecule is Cc1ccc([C@@H](Oc2ccc3c(cnn3-c3ccc(F)cc3)c2)[C@H](C)NC(=O)C(C)(C)F)cc1C. The van der Waals surface area contributed by atoms with Gasteiger partial charge in [0.25, 0.3) is 5.91 Å². The Kier molecular flexibility index (Phi) is 6.61. The third-order valence-electron chi connectivity index (χ3n) is 6.09. The molecule has 1 aromatic heterocycles. The van der Waals surface area contributed by atoms with Crippen LogP contribution in [0.25, 0.3) is 16.6 Å². The summed E-state index contributed by atoms with van der Waals surface area (Å²) in [6, 6.07) is 17.2. The van der Waals surface area contributed by atoms with Crippen LogP contribution in [0.3, 0.4) is 0 Å². The zero-order chi connectivity index (χ0) is 25.3. The second-order valence-corrected chi connectivity index (χ2v) is 9.37. The molecule has 35 heavy (non-hydrogen) atoms. The van der Waals surface area contributed by atoms with Crippen LogP contribution in [0.1, 0.15) is 43.6 Å². The number of alkyl halides is 1. The molecule has 1 N–H and O–H groups in total. The van der Waals surface area contributed by atoms with Crippen LogP contribution in [-0.2, 0) is 4.79 Å². The van der Waals surface area contributed by atoms with E-state index < -0.39 is 23.7 Å². The molecule has 0 aliphatic carbocycles. The first-order chi connectivity index (χ1) is 16.5. The molecule has 2 atom stereocenters. The fraction of sp³-hybridized carbons (Fsp3) is 0.286. The van der Waals surface area contributed by atoms with Crippen molar-refractivity contribution in [3.05, 3.63) is 89.4 Å². The normalized spacial score (nSPS) is 13.5. The number of hydrogen-bond acceptors (Lipinski definition) is 3. The maximum atomic E-state index is 14.2. The first kappa shape index (κ1) is 24.4. The Morgan fingerprint density at radius 2 is 1.74 bits per heavy atom. The van der Waals surface area contributed by atoms with Gasteiger partial charge in [-0.1, -0.05) is 18.2 Å². The summed E-state index contributed by atoms with van der Waals surface area (Å²) in [7, 11) is 0. The monoisotopic (exact) mass is 477 g/mol. The number of nitrogens with zero attached hydrogens (tertiary/aromatic N) is 2. The van der Waals surface area contributed by atoms with Crippen molar-refractivity contribution >= 4 is 16.8 Å². The van der Waals surface area contributed by atoms with Gasteiger partial charge in [-0.15, -0.1) is 0 Å². The molecular formula is C28H29F2N3O2. The number of aromatic nitrogens is 2. The van der Waals surface area contributed by atoms with E-state index in [2.05, 4.69) is 10.4 Å². The Morgan fingerprint density at radius 3 is 2.40 bits per heavy atom. The zero-order valence-electron chi connectivity index (χ0n) is 20.5. The first-order valence-corrected chi connectivity index (χ1v) is 11.5. The van der Waals surface area contributed by atoms with Gasteiger partial charge in [-0.3, -0.25) is 4.79 Å². The number of carbonyl (C=O) groups is 1. The molecule has 0 saturated heterocycles. The molecule has 0 aliphatic heterocycles. The molecule has 182 valence electrons. The van der Waals surface area contributed by atoms with E-state index in [-0.39, 0.29) is 5.82 Å². The molecule has 4 aromatic rings. The maximum Gasteiger partial charge on any atom is 0.257 e. The lowest BCUT2D eigenvalue weighted by Gasteiger charge is -2.28. The summed E-state index contributed by atoms with van der Waals surface area (Å²) < 4.78 is 35.6. The molecule has 0 bridgehead atoms. The average molecular weight is 478 g/mol. The second-order valence-electron chi connectivity index (χ2n) is 9.37. The molecule has 0 saturated carbocycles. The lowest BCUT2D eigenvalue weighted by atomic mass is 9.98. The zero-order valence-corrected chi connectivity index (χ0v) is 20.5. The van der Waals surface area contributed by atoms with Gasteiger partial charge < -0.3 is 10.1 Å². The standard InChI is InChI=1S/C28H29F2N3O2/c1-17-6-7-20(14-18(17)2)26(19(3)32-27(34)28(4,5)30)35-24-12-13-25-21(15-24)16-31-33(25)23-10-8-22(29)9-11-23/h6-16,19,26H,1-5H3,(H,32,34)/t19-,26-/m0/s1. The van der Waals surface area contributed by atoms with E-state index in [1.54, 1.807) is 29.9 Å². The smallest absolute Gasteiger partial charge is 0.257 e. The number of amides is 1. The minimum Gasteiger partial charge on any atom is -0.484 e. The molecule has 5 nitrogen and oxygen atoms in total. The van der Waals surface area contributed by atoms with E-state index in [1.165, 1.54) is 26.0 Å². The Hall–Kier alpha value is -3.74. The fourth-order valence-corrected chi connectivity index (χ4v) is 3.87. The van der Waals surface area contributed by atoms with Crippen LogP contribution in [0.4, 0.5) is 8.78 Å². The number of rotatable bonds is 7. The predicted molar refractivity (Wildman–Crippen MR) is 133 cm³/mol. The quantitative estimate of drug-likeness (QED) is 0.347. The van der Waals surface area contributed by atoms with Gasteiger partial charge >= 0.3 is 0 Å². The number of benzene rings is 3. The van der Waals surface area contributed by atoms with Gasteiger partial charge in [-0.05, 0) is 93.8 Å². The Balaban J connectivity index is 1.66. The summed E-state index contributed by atoms with van der Waals surface area (Å²) in [4.78, 5) is 12.3. The number of nitrogens with one attached hydrogen (secondary N) is 1. The third kappa shape index (κ3) is 5.34. The third-order valence-corrected chi connectivity index (χ3v) is 6.09. The van der Waals surface area contributed by atoms with Gasteiger partial charge in [-0.25, -0.2) is 13.5 Å². The van der Waals surface area contributed by atoms with Gasteiger partial charge in [-0.2, -0.15) is 5.10 Å². The van der Waals surface area contributed by atoms with Crippen molar-refractivity contribution < 1.29 is 18.3 Å². The molecule has 7 heteroatoms. The van der Waals surface area contributed by atoms with Crippen molar-refractivity contribution in [2.45, 2.75) is 52.4 Å². The minimum absolute atomic E-state index is 0.310. The van der Waals surface area contributed by atoms with Crippen LogP contribution >= 0.6 is 0 Å². The summed E-state index contributed by atoms with van der Waals surface area (Å²) in [5, 5.41) is 8.03. The highest BCUT2D eigenvalue weighted by molar-refractivity contribution is 5.84. The van der Waals surface area contributed by atoms with Gasteiger partial charge in [0.15, 0.2) is 5.67 Å². The molecule has 0 radical (unpaired) electrons. The molecule has 0 spiro atoms. The van der Waals surface area contributed by atoms with Crippen LogP contribution in [0.5, 0.6) is 5.75 Å². The van der Waals surface area contributed by atoms with Crippen molar-refractivity contribution in [3.8, 4) is 11.4 Å². The Bertz CT molecular complexity index is 1360. The van der Waals surface area contributed by atoms with Gasteiger partial charge in [0.2, 0.25) is 0 Å². The fourth-order valence-electron chi connectivity index (χ4n) is 3.87. The topological polar surface area (TPSA) is 56.1 Å². The predicted octanol–water partition coefficient (Wildman–Crippen LogP) is 6.15. The van der Waals surface area contributed by atoms with Crippen LogP contribution in [0.2, 0.25) is 0 Å². The highest BCUT2D eigenvalue weighted by atomic mass is 19.1. The maximum absolute atomic E-state index is 14.2. The summed E-state index contributed by atoms with van der Waals surface area (Å²) >= 11 is 0. The highest BCUT2D eigenvalue weighted by Crippen LogP contribution is 2.30. The van der Waals surface area contributed by atoms with Crippen molar-refractivity contribution in [2.24, 2.45) is 0 Å². The number of ether oxygens (including phenoxy) is 1. The Labute approximate surface area is 203 Å². The number of halogens is 2. The van der Waals surface area contributed by atoms with E-state index in [0.29, 0.717) is 5.75 Å². The summed E-state index contributed by atoms with van der Waals surface area (Å²) in [5.74, 6) is -0.422.